The van der Waals surface area contributed by atoms with Crippen molar-refractivity contribution in [2.45, 2.75) is 57.3 Å². The summed E-state index contributed by atoms with van der Waals surface area (Å²) in [5, 5.41) is 9.60. The minimum atomic E-state index is -4.69. The molecule has 2 aromatic carbocycles. The first kappa shape index (κ1) is 29.6. The van der Waals surface area contributed by atoms with E-state index in [1.807, 2.05) is 49.9 Å². The molecule has 1 saturated carbocycles. The van der Waals surface area contributed by atoms with Crippen LogP contribution in [-0.2, 0) is 10.9 Å². The number of amides is 1. The smallest absolute Gasteiger partial charge is 0.417 e. The monoisotopic (exact) mass is 598 g/mol. The lowest BCUT2D eigenvalue weighted by molar-refractivity contribution is -0.137. The number of ether oxygens (including phenoxy) is 1. The molecule has 0 aromatic heterocycles. The molecule has 0 atom stereocenters. The van der Waals surface area contributed by atoms with Crippen LogP contribution in [0.2, 0.25) is 0 Å². The average molecular weight is 599 g/mol. The first-order valence-electron chi connectivity index (χ1n) is 13.8. The maximum atomic E-state index is 13.8. The van der Waals surface area contributed by atoms with Crippen LogP contribution >= 0.6 is 12.2 Å². The van der Waals surface area contributed by atoms with Crippen LogP contribution < -0.4 is 14.7 Å². The third kappa shape index (κ3) is 5.26. The molecule has 1 spiro atoms. The summed E-state index contributed by atoms with van der Waals surface area (Å²) in [5.41, 5.74) is -0.500. The minimum absolute atomic E-state index is 0.222. The van der Waals surface area contributed by atoms with Gasteiger partial charge in [-0.15, -0.1) is 0 Å². The standard InChI is InChI=1S/C30H33F3N6O2S/c1-28(2,3)41-27(40)37-16-14-36(15-17-37)21-8-10-22(11-9-21)39-26(42)38(25(35-4)29(39)12-5-13-29)23-7-6-20(19-34)24(18-23)30(31,32)33/h6-11,18H,5,12-17H2,1-4H3. The van der Waals surface area contributed by atoms with Gasteiger partial charge >= 0.3 is 12.3 Å². The second-order valence-corrected chi connectivity index (χ2v) is 12.1. The number of amidine groups is 1. The molecule has 5 rings (SSSR count). The molecule has 2 heterocycles. The van der Waals surface area contributed by atoms with Crippen molar-refractivity contribution >= 4 is 46.3 Å². The Morgan fingerprint density at radius 3 is 2.10 bits per heavy atom. The van der Waals surface area contributed by atoms with Crippen LogP contribution in [0, 0.1) is 11.3 Å². The largest absolute Gasteiger partial charge is 0.444 e. The van der Waals surface area contributed by atoms with E-state index in [0.717, 1.165) is 36.7 Å². The number of nitrogens with zero attached hydrogens (tertiary/aromatic N) is 6. The van der Waals surface area contributed by atoms with Gasteiger partial charge in [0.15, 0.2) is 5.11 Å². The van der Waals surface area contributed by atoms with Crippen LogP contribution in [-0.4, -0.2) is 66.3 Å². The molecule has 1 aliphatic carbocycles. The van der Waals surface area contributed by atoms with E-state index in [1.165, 1.54) is 12.1 Å². The van der Waals surface area contributed by atoms with E-state index >= 15 is 0 Å². The van der Waals surface area contributed by atoms with E-state index in [4.69, 9.17) is 17.0 Å². The Labute approximate surface area is 248 Å². The quantitative estimate of drug-likeness (QED) is 0.390. The number of hydrogen-bond donors (Lipinski definition) is 0. The molecular formula is C30H33F3N6O2S. The lowest BCUT2D eigenvalue weighted by Crippen LogP contribution is -2.55. The van der Waals surface area contributed by atoms with Gasteiger partial charge < -0.3 is 19.4 Å². The number of rotatable bonds is 3. The molecule has 222 valence electrons. The molecule has 2 aromatic rings. The summed E-state index contributed by atoms with van der Waals surface area (Å²) in [5.74, 6) is 0.596. The number of nitriles is 1. The topological polar surface area (TPSA) is 75.4 Å². The Hall–Kier alpha value is -3.85. The van der Waals surface area contributed by atoms with Gasteiger partial charge in [-0.1, -0.05) is 0 Å². The lowest BCUT2D eigenvalue weighted by atomic mass is 9.74. The molecule has 0 N–H and O–H groups in total. The van der Waals surface area contributed by atoms with Crippen molar-refractivity contribution in [3.05, 3.63) is 53.6 Å². The predicted octanol–water partition coefficient (Wildman–Crippen LogP) is 6.20. The van der Waals surface area contributed by atoms with Gasteiger partial charge in [0.2, 0.25) is 0 Å². The number of benzene rings is 2. The van der Waals surface area contributed by atoms with Crippen LogP contribution in [0.5, 0.6) is 0 Å². The molecule has 0 bridgehead atoms. The number of piperazine rings is 1. The van der Waals surface area contributed by atoms with Crippen LogP contribution in [0.3, 0.4) is 0 Å². The van der Waals surface area contributed by atoms with E-state index in [2.05, 4.69) is 9.89 Å². The molecule has 1 amide bonds. The maximum Gasteiger partial charge on any atom is 0.417 e. The van der Waals surface area contributed by atoms with Gasteiger partial charge in [-0.25, -0.2) is 4.79 Å². The molecule has 2 saturated heterocycles. The number of aliphatic imine (C=N–C) groups is 1. The molecule has 8 nitrogen and oxygen atoms in total. The van der Waals surface area contributed by atoms with E-state index in [9.17, 15) is 23.2 Å². The van der Waals surface area contributed by atoms with Gasteiger partial charge in [0.25, 0.3) is 0 Å². The van der Waals surface area contributed by atoms with E-state index in [1.54, 1.807) is 22.9 Å². The highest BCUT2D eigenvalue weighted by molar-refractivity contribution is 7.81. The zero-order valence-electron chi connectivity index (χ0n) is 24.0. The zero-order valence-corrected chi connectivity index (χ0v) is 24.8. The third-order valence-corrected chi connectivity index (χ3v) is 8.29. The summed E-state index contributed by atoms with van der Waals surface area (Å²) in [6, 6.07) is 13.2. The van der Waals surface area contributed by atoms with Crippen LogP contribution in [0.4, 0.5) is 35.0 Å². The Balaban J connectivity index is 1.39. The molecule has 3 fully saturated rings. The van der Waals surface area contributed by atoms with E-state index < -0.39 is 28.4 Å². The SMILES string of the molecule is CN=C1N(c2ccc(C#N)c(C(F)(F)F)c2)C(=S)N(c2ccc(N3CCN(C(=O)OC(C)(C)C)CC3)cc2)C12CCC2. The minimum Gasteiger partial charge on any atom is -0.444 e. The lowest BCUT2D eigenvalue weighted by Gasteiger charge is -2.45. The first-order chi connectivity index (χ1) is 19.8. The third-order valence-electron chi connectivity index (χ3n) is 7.92. The van der Waals surface area contributed by atoms with E-state index in [-0.39, 0.29) is 11.8 Å². The first-order valence-corrected chi connectivity index (χ1v) is 14.3. The number of alkyl halides is 3. The number of thiocarbonyl (C=S) groups is 1. The van der Waals surface area contributed by atoms with Gasteiger partial charge in [0, 0.05) is 44.6 Å². The average Bonchev–Trinajstić information content (AvgIpc) is 3.20. The predicted molar refractivity (Wildman–Crippen MR) is 160 cm³/mol. The van der Waals surface area contributed by atoms with Crippen molar-refractivity contribution in [2.24, 2.45) is 4.99 Å². The summed E-state index contributed by atoms with van der Waals surface area (Å²) in [6.45, 7) is 7.96. The highest BCUT2D eigenvalue weighted by Crippen LogP contribution is 2.49. The summed E-state index contributed by atoms with van der Waals surface area (Å²) in [6.07, 6.45) is -2.55. The van der Waals surface area contributed by atoms with Gasteiger partial charge in [0.1, 0.15) is 17.0 Å². The van der Waals surface area contributed by atoms with Crippen molar-refractivity contribution in [3.8, 4) is 6.07 Å². The normalized spacial score (nSPS) is 19.8. The summed E-state index contributed by atoms with van der Waals surface area (Å²) < 4.78 is 46.9. The number of hydrogen-bond acceptors (Lipinski definition) is 6. The molecule has 12 heteroatoms. The van der Waals surface area contributed by atoms with Gasteiger partial charge in [-0.2, -0.15) is 18.4 Å². The van der Waals surface area contributed by atoms with E-state index in [0.29, 0.717) is 37.1 Å². The van der Waals surface area contributed by atoms with Crippen LogP contribution in [0.1, 0.15) is 51.2 Å². The van der Waals surface area contributed by atoms with Gasteiger partial charge in [0.05, 0.1) is 22.9 Å². The number of carbonyl (C=O) groups excluding carboxylic acids is 1. The summed E-state index contributed by atoms with van der Waals surface area (Å²) in [7, 11) is 1.63. The second kappa shape index (κ2) is 10.8. The number of halogens is 3. The van der Waals surface area contributed by atoms with Crippen molar-refractivity contribution in [1.29, 1.82) is 5.26 Å². The Morgan fingerprint density at radius 1 is 1.00 bits per heavy atom. The molecule has 42 heavy (non-hydrogen) atoms. The van der Waals surface area contributed by atoms with Crippen molar-refractivity contribution in [3.63, 3.8) is 0 Å². The summed E-state index contributed by atoms with van der Waals surface area (Å²) >= 11 is 5.91. The van der Waals surface area contributed by atoms with Gasteiger partial charge in [-0.3, -0.25) is 9.89 Å². The van der Waals surface area contributed by atoms with Crippen LogP contribution in [0.15, 0.2) is 47.5 Å². The highest BCUT2D eigenvalue weighted by atomic mass is 32.1. The Kier molecular flexibility index (Phi) is 7.60. The fraction of sp³-hybridized carbons (Fsp3) is 0.467. The fourth-order valence-corrected chi connectivity index (χ4v) is 6.30. The van der Waals surface area contributed by atoms with Crippen molar-refractivity contribution in [1.82, 2.24) is 4.90 Å². The zero-order chi connectivity index (χ0) is 30.4. The molecule has 0 radical (unpaired) electrons. The molecule has 2 aliphatic heterocycles. The Bertz CT molecular complexity index is 1450. The number of anilines is 3. The second-order valence-electron chi connectivity index (χ2n) is 11.7. The molecule has 3 aliphatic rings. The van der Waals surface area contributed by atoms with Crippen molar-refractivity contribution < 1.29 is 22.7 Å². The fourth-order valence-electron chi connectivity index (χ4n) is 5.83. The summed E-state index contributed by atoms with van der Waals surface area (Å²) in [4.78, 5) is 24.5. The van der Waals surface area contributed by atoms with Crippen molar-refractivity contribution in [2.75, 3.05) is 47.9 Å². The highest BCUT2D eigenvalue weighted by Gasteiger charge is 2.57. The Morgan fingerprint density at radius 2 is 1.60 bits per heavy atom. The number of carbonyl (C=O) groups is 1. The molecule has 0 unspecified atom stereocenters. The van der Waals surface area contributed by atoms with Gasteiger partial charge in [-0.05, 0) is 94.7 Å². The van der Waals surface area contributed by atoms with Crippen LogP contribution in [0.25, 0.3) is 0 Å². The molecular weight excluding hydrogens is 565 g/mol. The maximum absolute atomic E-state index is 13.8.